The van der Waals surface area contributed by atoms with Crippen LogP contribution in [0.1, 0.15) is 41.1 Å². The molecular formula is C16H17F2NO3. The minimum Gasteiger partial charge on any atom is -0.488 e. The summed E-state index contributed by atoms with van der Waals surface area (Å²) in [6, 6.07) is 3.80. The molecule has 118 valence electrons. The molecule has 0 aliphatic heterocycles. The van der Waals surface area contributed by atoms with E-state index in [2.05, 4.69) is 5.16 Å². The van der Waals surface area contributed by atoms with Gasteiger partial charge in [-0.3, -0.25) is 4.79 Å². The van der Waals surface area contributed by atoms with Crippen LogP contribution in [0.3, 0.4) is 0 Å². The number of benzene rings is 1. The third-order valence-corrected chi connectivity index (χ3v) is 3.15. The lowest BCUT2D eigenvalue weighted by atomic mass is 10.1. The predicted molar refractivity (Wildman–Crippen MR) is 76.0 cm³/mol. The molecule has 0 aliphatic rings. The molecule has 1 aromatic carbocycles. The number of unbranched alkanes of at least 4 members (excludes halogenated alkanes) is 2. The molecule has 0 unspecified atom stereocenters. The molecule has 2 aromatic rings. The summed E-state index contributed by atoms with van der Waals surface area (Å²) >= 11 is 0. The van der Waals surface area contributed by atoms with E-state index in [1.165, 1.54) is 0 Å². The average molecular weight is 309 g/mol. The molecule has 0 fully saturated rings. The van der Waals surface area contributed by atoms with Gasteiger partial charge < -0.3 is 9.26 Å². The molecular weight excluding hydrogens is 292 g/mol. The first-order valence-electron chi connectivity index (χ1n) is 7.09. The zero-order valence-corrected chi connectivity index (χ0v) is 12.3. The lowest BCUT2D eigenvalue weighted by Gasteiger charge is -2.08. The summed E-state index contributed by atoms with van der Waals surface area (Å²) < 4.78 is 37.3. The molecule has 0 saturated carbocycles. The van der Waals surface area contributed by atoms with Crippen LogP contribution in [0.2, 0.25) is 0 Å². The van der Waals surface area contributed by atoms with E-state index in [9.17, 15) is 13.6 Å². The Hall–Kier alpha value is -2.24. The molecule has 4 nitrogen and oxygen atoms in total. The summed E-state index contributed by atoms with van der Waals surface area (Å²) in [5.41, 5.74) is 0.799. The Bertz CT molecular complexity index is 617. The Morgan fingerprint density at radius 1 is 1.18 bits per heavy atom. The first-order chi connectivity index (χ1) is 10.6. The number of aryl methyl sites for hydroxylation is 2. The van der Waals surface area contributed by atoms with Crippen molar-refractivity contribution >= 4 is 6.29 Å². The number of hydrogen-bond acceptors (Lipinski definition) is 4. The lowest BCUT2D eigenvalue weighted by molar-refractivity contribution is 0.112. The van der Waals surface area contributed by atoms with Gasteiger partial charge in [-0.25, -0.2) is 8.78 Å². The van der Waals surface area contributed by atoms with Crippen molar-refractivity contribution in [2.45, 2.75) is 32.6 Å². The van der Waals surface area contributed by atoms with E-state index >= 15 is 0 Å². The Morgan fingerprint density at radius 2 is 1.91 bits per heavy atom. The quantitative estimate of drug-likeness (QED) is 0.549. The molecule has 0 aliphatic carbocycles. The van der Waals surface area contributed by atoms with Gasteiger partial charge in [-0.2, -0.15) is 0 Å². The van der Waals surface area contributed by atoms with Crippen LogP contribution in [0.4, 0.5) is 8.78 Å². The standard InChI is InChI=1S/C16H17F2NO3/c1-11-7-13(22-19-11)5-3-2-4-6-21-16-14(17)8-12(10-20)9-15(16)18/h7-10H,2-6H2,1H3. The van der Waals surface area contributed by atoms with Crippen molar-refractivity contribution in [2.75, 3.05) is 6.61 Å². The monoisotopic (exact) mass is 309 g/mol. The summed E-state index contributed by atoms with van der Waals surface area (Å²) in [5.74, 6) is -1.32. The van der Waals surface area contributed by atoms with E-state index in [4.69, 9.17) is 9.26 Å². The van der Waals surface area contributed by atoms with Crippen molar-refractivity contribution in [1.29, 1.82) is 0 Å². The molecule has 22 heavy (non-hydrogen) atoms. The van der Waals surface area contributed by atoms with Gasteiger partial charge in [-0.1, -0.05) is 5.16 Å². The fourth-order valence-corrected chi connectivity index (χ4v) is 2.07. The molecule has 2 rings (SSSR count). The number of hydrogen-bond donors (Lipinski definition) is 0. The molecule has 1 heterocycles. The van der Waals surface area contributed by atoms with Gasteiger partial charge in [0.2, 0.25) is 0 Å². The van der Waals surface area contributed by atoms with Crippen LogP contribution < -0.4 is 4.74 Å². The van der Waals surface area contributed by atoms with Crippen LogP contribution >= 0.6 is 0 Å². The van der Waals surface area contributed by atoms with Crippen molar-refractivity contribution in [1.82, 2.24) is 5.16 Å². The first-order valence-corrected chi connectivity index (χ1v) is 7.09. The molecule has 0 saturated heterocycles. The summed E-state index contributed by atoms with van der Waals surface area (Å²) in [7, 11) is 0. The van der Waals surface area contributed by atoms with Crippen molar-refractivity contribution < 1.29 is 22.8 Å². The Balaban J connectivity index is 1.71. The summed E-state index contributed by atoms with van der Waals surface area (Å²) in [5, 5.41) is 3.80. The van der Waals surface area contributed by atoms with Crippen LogP contribution in [-0.4, -0.2) is 18.0 Å². The Morgan fingerprint density at radius 3 is 2.50 bits per heavy atom. The van der Waals surface area contributed by atoms with Crippen molar-refractivity contribution in [3.8, 4) is 5.75 Å². The fraction of sp³-hybridized carbons (Fsp3) is 0.375. The molecule has 1 aromatic heterocycles. The van der Waals surface area contributed by atoms with E-state index in [1.54, 1.807) is 0 Å². The zero-order valence-electron chi connectivity index (χ0n) is 12.3. The second-order valence-corrected chi connectivity index (χ2v) is 5.03. The third kappa shape index (κ3) is 4.38. The van der Waals surface area contributed by atoms with Gasteiger partial charge in [0.05, 0.1) is 12.3 Å². The minimum atomic E-state index is -0.862. The van der Waals surface area contributed by atoms with Gasteiger partial charge in [0, 0.05) is 18.1 Å². The van der Waals surface area contributed by atoms with E-state index in [0.717, 1.165) is 42.8 Å². The Kier molecular flexibility index (Phi) is 5.63. The molecule has 0 radical (unpaired) electrons. The molecule has 0 bridgehead atoms. The van der Waals surface area contributed by atoms with Gasteiger partial charge in [-0.05, 0) is 38.3 Å². The summed E-state index contributed by atoms with van der Waals surface area (Å²) in [4.78, 5) is 10.5. The highest BCUT2D eigenvalue weighted by atomic mass is 19.1. The maximum atomic E-state index is 13.6. The van der Waals surface area contributed by atoms with Gasteiger partial charge in [-0.15, -0.1) is 0 Å². The maximum absolute atomic E-state index is 13.6. The highest BCUT2D eigenvalue weighted by Crippen LogP contribution is 2.23. The van der Waals surface area contributed by atoms with Crippen molar-refractivity contribution in [3.63, 3.8) is 0 Å². The second-order valence-electron chi connectivity index (χ2n) is 5.03. The Labute approximate surface area is 127 Å². The number of carbonyl (C=O) groups is 1. The van der Waals surface area contributed by atoms with Crippen LogP contribution in [-0.2, 0) is 6.42 Å². The van der Waals surface area contributed by atoms with Crippen molar-refractivity contribution in [2.24, 2.45) is 0 Å². The first kappa shape index (κ1) is 16.1. The number of rotatable bonds is 8. The van der Waals surface area contributed by atoms with Gasteiger partial charge >= 0.3 is 0 Å². The number of aldehydes is 1. The minimum absolute atomic E-state index is 0.0512. The molecule has 6 heteroatoms. The zero-order chi connectivity index (χ0) is 15.9. The van der Waals surface area contributed by atoms with Crippen LogP contribution in [0.5, 0.6) is 5.75 Å². The number of aromatic nitrogens is 1. The van der Waals surface area contributed by atoms with Crippen LogP contribution in [0.25, 0.3) is 0 Å². The number of carbonyl (C=O) groups excluding carboxylic acids is 1. The smallest absolute Gasteiger partial charge is 0.190 e. The van der Waals surface area contributed by atoms with E-state index < -0.39 is 17.4 Å². The number of nitrogens with zero attached hydrogens (tertiary/aromatic N) is 1. The highest BCUT2D eigenvalue weighted by Gasteiger charge is 2.12. The van der Waals surface area contributed by atoms with Crippen LogP contribution in [0, 0.1) is 18.6 Å². The topological polar surface area (TPSA) is 52.3 Å². The third-order valence-electron chi connectivity index (χ3n) is 3.15. The maximum Gasteiger partial charge on any atom is 0.190 e. The van der Waals surface area contributed by atoms with Gasteiger partial charge in [0.1, 0.15) is 12.0 Å². The molecule has 0 atom stereocenters. The molecule has 0 spiro atoms. The average Bonchev–Trinajstić information content (AvgIpc) is 2.90. The summed E-state index contributed by atoms with van der Waals surface area (Å²) in [6.45, 7) is 2.07. The normalized spacial score (nSPS) is 10.7. The second kappa shape index (κ2) is 7.68. The number of ether oxygens (including phenoxy) is 1. The molecule has 0 N–H and O–H groups in total. The SMILES string of the molecule is Cc1cc(CCCCCOc2c(F)cc(C=O)cc2F)on1. The van der Waals surface area contributed by atoms with Crippen molar-refractivity contribution in [3.05, 3.63) is 46.9 Å². The van der Waals surface area contributed by atoms with Gasteiger partial charge in [0.15, 0.2) is 17.4 Å². The van der Waals surface area contributed by atoms with Crippen LogP contribution in [0.15, 0.2) is 22.7 Å². The molecule has 0 amide bonds. The predicted octanol–water partition coefficient (Wildman–Crippen LogP) is 3.87. The summed E-state index contributed by atoms with van der Waals surface area (Å²) in [6.07, 6.45) is 3.56. The largest absolute Gasteiger partial charge is 0.488 e. The van der Waals surface area contributed by atoms with Gasteiger partial charge in [0.25, 0.3) is 0 Å². The lowest BCUT2D eigenvalue weighted by Crippen LogP contribution is -2.02. The van der Waals surface area contributed by atoms with E-state index in [-0.39, 0.29) is 12.2 Å². The van der Waals surface area contributed by atoms with E-state index in [1.807, 2.05) is 13.0 Å². The van der Waals surface area contributed by atoms with E-state index in [0.29, 0.717) is 12.7 Å². The fourth-order valence-electron chi connectivity index (χ4n) is 2.07. The number of halogens is 2. The highest BCUT2D eigenvalue weighted by molar-refractivity contribution is 5.75.